The van der Waals surface area contributed by atoms with Gasteiger partial charge < -0.3 is 20.6 Å². The lowest BCUT2D eigenvalue weighted by atomic mass is 10.2. The smallest absolute Gasteiger partial charge is 0.328 e. The zero-order valence-electron chi connectivity index (χ0n) is 15.6. The molecule has 0 fully saturated rings. The van der Waals surface area contributed by atoms with Crippen molar-refractivity contribution < 1.29 is 14.7 Å². The summed E-state index contributed by atoms with van der Waals surface area (Å²) in [6, 6.07) is -0.541. The summed E-state index contributed by atoms with van der Waals surface area (Å²) < 4.78 is 1.30. The molecule has 0 aromatic carbocycles. The van der Waals surface area contributed by atoms with Crippen LogP contribution in [0.3, 0.4) is 0 Å². The number of H-pyrrole nitrogens is 1. The minimum absolute atomic E-state index is 0.0932. The summed E-state index contributed by atoms with van der Waals surface area (Å²) in [7, 11) is 0. The van der Waals surface area contributed by atoms with Crippen LogP contribution < -0.4 is 21.9 Å². The lowest BCUT2D eigenvalue weighted by Gasteiger charge is -2.34. The van der Waals surface area contributed by atoms with Crippen LogP contribution in [0.15, 0.2) is 27.6 Å². The number of nitrogens with one attached hydrogen (secondary N) is 3. The summed E-state index contributed by atoms with van der Waals surface area (Å²) in [5, 5.41) is 15.3. The third-order valence-corrected chi connectivity index (χ3v) is 4.17. The number of carbonyl (C=O) groups excluding carboxylic acids is 2. The van der Waals surface area contributed by atoms with Gasteiger partial charge in [0.1, 0.15) is 0 Å². The Hall–Kier alpha value is -2.88. The molecule has 2 atom stereocenters. The first-order valence-corrected chi connectivity index (χ1v) is 8.74. The molecular weight excluding hydrogens is 354 g/mol. The molecule has 0 aliphatic carbocycles. The number of hydrogen-bond donors (Lipinski definition) is 4. The van der Waals surface area contributed by atoms with Gasteiger partial charge in [0, 0.05) is 43.0 Å². The lowest BCUT2D eigenvalue weighted by Crippen LogP contribution is -2.55. The van der Waals surface area contributed by atoms with E-state index in [-0.39, 0.29) is 24.9 Å². The lowest BCUT2D eigenvalue weighted by molar-refractivity contribution is -0.127. The van der Waals surface area contributed by atoms with E-state index >= 15 is 0 Å². The third-order valence-electron chi connectivity index (χ3n) is 4.17. The maximum Gasteiger partial charge on any atom is 0.328 e. The highest BCUT2D eigenvalue weighted by Gasteiger charge is 2.26. The Labute approximate surface area is 155 Å². The maximum absolute atomic E-state index is 12.1. The minimum atomic E-state index is -1.24. The number of hydrogen-bond acceptors (Lipinski definition) is 6. The minimum Gasteiger partial charge on any atom is -0.356 e. The second kappa shape index (κ2) is 8.67. The topological polar surface area (TPSA) is 137 Å². The molecule has 0 saturated heterocycles. The summed E-state index contributed by atoms with van der Waals surface area (Å²) in [6.45, 7) is 5.30. The van der Waals surface area contributed by atoms with Gasteiger partial charge in [0.05, 0.1) is 6.04 Å². The van der Waals surface area contributed by atoms with Gasteiger partial charge in [-0.15, -0.1) is 0 Å². The Balaban J connectivity index is 2.25. The first-order chi connectivity index (χ1) is 12.7. The van der Waals surface area contributed by atoms with E-state index in [1.807, 2.05) is 6.92 Å². The monoisotopic (exact) mass is 379 g/mol. The number of aliphatic hydroxyl groups is 1. The van der Waals surface area contributed by atoms with Crippen LogP contribution in [0.4, 0.5) is 0 Å². The van der Waals surface area contributed by atoms with E-state index in [0.717, 1.165) is 0 Å². The predicted molar refractivity (Wildman–Crippen MR) is 97.5 cm³/mol. The Morgan fingerprint density at radius 2 is 2.00 bits per heavy atom. The fourth-order valence-corrected chi connectivity index (χ4v) is 2.77. The van der Waals surface area contributed by atoms with Crippen molar-refractivity contribution in [3.63, 3.8) is 0 Å². The van der Waals surface area contributed by atoms with E-state index in [1.165, 1.54) is 21.9 Å². The molecule has 0 spiro atoms. The van der Waals surface area contributed by atoms with Crippen LogP contribution in [0, 0.1) is 6.92 Å². The molecule has 148 valence electrons. The van der Waals surface area contributed by atoms with Gasteiger partial charge in [-0.3, -0.25) is 23.9 Å². The average molecular weight is 379 g/mol. The van der Waals surface area contributed by atoms with Crippen molar-refractivity contribution >= 4 is 11.8 Å². The van der Waals surface area contributed by atoms with Crippen molar-refractivity contribution in [2.24, 2.45) is 0 Å². The number of carbonyl (C=O) groups is 2. The fraction of sp³-hybridized carbons (Fsp3) is 0.529. The summed E-state index contributed by atoms with van der Waals surface area (Å²) >= 11 is 0. The van der Waals surface area contributed by atoms with Gasteiger partial charge in [-0.05, 0) is 20.3 Å². The van der Waals surface area contributed by atoms with Gasteiger partial charge in [-0.2, -0.15) is 0 Å². The van der Waals surface area contributed by atoms with Crippen molar-refractivity contribution in [3.05, 3.63) is 44.4 Å². The first-order valence-electron chi connectivity index (χ1n) is 8.74. The standard InChI is InChI=1S/C17H25N5O5/c1-4-5-13(23)18-12(8-21-6-10(2)14(24)19-16(21)26)9-22-7-11(3)15(25)20-17(22)27/h6-7,12,16,26H,4-5,8-9H2,1-3H3,(H,18,23)(H,19,24)(H,20,25,27). The van der Waals surface area contributed by atoms with Crippen LogP contribution in [0.25, 0.3) is 0 Å². The van der Waals surface area contributed by atoms with Crippen LogP contribution in [0.5, 0.6) is 0 Å². The zero-order chi connectivity index (χ0) is 20.1. The summed E-state index contributed by atoms with van der Waals surface area (Å²) in [5.74, 6) is -0.564. The summed E-state index contributed by atoms with van der Waals surface area (Å²) in [4.78, 5) is 50.9. The molecular formula is C17H25N5O5. The Kier molecular flexibility index (Phi) is 6.56. The van der Waals surface area contributed by atoms with Crippen molar-refractivity contribution in [2.75, 3.05) is 6.54 Å². The van der Waals surface area contributed by atoms with E-state index in [9.17, 15) is 24.3 Å². The molecule has 1 aliphatic heterocycles. The Bertz CT molecular complexity index is 856. The molecule has 2 rings (SSSR count). The molecule has 1 aromatic rings. The van der Waals surface area contributed by atoms with Gasteiger partial charge in [0.2, 0.25) is 12.3 Å². The van der Waals surface area contributed by atoms with Gasteiger partial charge in [-0.25, -0.2) is 4.79 Å². The van der Waals surface area contributed by atoms with E-state index < -0.39 is 23.6 Å². The number of nitrogens with zero attached hydrogens (tertiary/aromatic N) is 2. The second-order valence-corrected chi connectivity index (χ2v) is 6.59. The Morgan fingerprint density at radius 1 is 1.30 bits per heavy atom. The quantitative estimate of drug-likeness (QED) is 0.467. The normalized spacial score (nSPS) is 17.9. The number of amides is 2. The fourth-order valence-electron chi connectivity index (χ4n) is 2.77. The molecule has 1 aromatic heterocycles. The summed E-state index contributed by atoms with van der Waals surface area (Å²) in [5.41, 5.74) is -0.264. The molecule has 0 radical (unpaired) electrons. The van der Waals surface area contributed by atoms with Gasteiger partial charge in [0.15, 0.2) is 0 Å². The van der Waals surface area contributed by atoms with Crippen LogP contribution in [-0.4, -0.2) is 50.3 Å². The largest absolute Gasteiger partial charge is 0.356 e. The van der Waals surface area contributed by atoms with Crippen LogP contribution in [0.1, 0.15) is 32.3 Å². The van der Waals surface area contributed by atoms with E-state index in [2.05, 4.69) is 15.6 Å². The molecule has 0 saturated carbocycles. The maximum atomic E-state index is 12.1. The van der Waals surface area contributed by atoms with Crippen molar-refractivity contribution in [3.8, 4) is 0 Å². The van der Waals surface area contributed by atoms with Gasteiger partial charge >= 0.3 is 5.69 Å². The molecule has 1 aliphatic rings. The molecule has 27 heavy (non-hydrogen) atoms. The van der Waals surface area contributed by atoms with Crippen molar-refractivity contribution in [1.29, 1.82) is 0 Å². The number of aromatic amines is 1. The molecule has 10 heteroatoms. The molecule has 10 nitrogen and oxygen atoms in total. The highest BCUT2D eigenvalue weighted by atomic mass is 16.3. The molecule has 2 heterocycles. The third kappa shape index (κ3) is 5.30. The highest BCUT2D eigenvalue weighted by Crippen LogP contribution is 2.09. The summed E-state index contributed by atoms with van der Waals surface area (Å²) in [6.07, 6.45) is 2.68. The van der Waals surface area contributed by atoms with Crippen LogP contribution in [-0.2, 0) is 16.1 Å². The Morgan fingerprint density at radius 3 is 2.67 bits per heavy atom. The first kappa shape index (κ1) is 20.4. The zero-order valence-corrected chi connectivity index (χ0v) is 15.6. The van der Waals surface area contributed by atoms with Crippen LogP contribution in [0.2, 0.25) is 0 Å². The number of aliphatic hydroxyl groups excluding tert-OH is 1. The predicted octanol–water partition coefficient (Wildman–Crippen LogP) is -1.26. The van der Waals surface area contributed by atoms with E-state index in [1.54, 1.807) is 13.8 Å². The molecule has 4 N–H and O–H groups in total. The van der Waals surface area contributed by atoms with Crippen LogP contribution >= 0.6 is 0 Å². The number of aromatic nitrogens is 2. The van der Waals surface area contributed by atoms with E-state index in [0.29, 0.717) is 24.0 Å². The average Bonchev–Trinajstić information content (AvgIpc) is 2.57. The van der Waals surface area contributed by atoms with Crippen molar-refractivity contribution in [2.45, 2.75) is 52.6 Å². The number of aryl methyl sites for hydroxylation is 1. The number of rotatable bonds is 7. The van der Waals surface area contributed by atoms with Gasteiger partial charge in [-0.1, -0.05) is 6.92 Å². The molecule has 2 unspecified atom stereocenters. The SMILES string of the molecule is CCCC(=O)NC(CN1C=C(C)C(=O)NC1O)Cn1cc(C)c(=O)[nH]c1=O. The van der Waals surface area contributed by atoms with Crippen molar-refractivity contribution in [1.82, 2.24) is 25.1 Å². The van der Waals surface area contributed by atoms with Gasteiger partial charge in [0.25, 0.3) is 11.5 Å². The second-order valence-electron chi connectivity index (χ2n) is 6.59. The molecule has 2 amide bonds. The highest BCUT2D eigenvalue weighted by molar-refractivity contribution is 5.93. The van der Waals surface area contributed by atoms with E-state index in [4.69, 9.17) is 0 Å². The molecule has 0 bridgehead atoms.